The van der Waals surface area contributed by atoms with E-state index in [1.165, 1.54) is 6.07 Å². The molecule has 0 aromatic heterocycles. The Bertz CT molecular complexity index is 631. The highest BCUT2D eigenvalue weighted by atomic mass is 79.9. The van der Waals surface area contributed by atoms with Crippen LogP contribution in [0.4, 0.5) is 10.1 Å². The number of carbonyl (C=O) groups is 1. The highest BCUT2D eigenvalue weighted by Crippen LogP contribution is 2.24. The van der Waals surface area contributed by atoms with E-state index in [-0.39, 0.29) is 5.91 Å². The number of benzene rings is 2. The van der Waals surface area contributed by atoms with Gasteiger partial charge in [-0.1, -0.05) is 30.3 Å². The average Bonchev–Trinajstić information content (AvgIpc) is 2.44. The fourth-order valence-corrected chi connectivity index (χ4v) is 2.26. The molecule has 0 bridgehead atoms. The average molecular weight is 337 g/mol. The van der Waals surface area contributed by atoms with Crippen LogP contribution >= 0.6 is 15.9 Å². The second kappa shape index (κ2) is 6.15. The summed E-state index contributed by atoms with van der Waals surface area (Å²) in [5.41, 5.74) is 7.77. The second-order valence-electron chi connectivity index (χ2n) is 4.46. The maximum Gasteiger partial charge on any atom is 0.245 e. The Hall–Kier alpha value is -1.72. The fourth-order valence-electron chi connectivity index (χ4n) is 1.80. The molecule has 1 unspecified atom stereocenters. The van der Waals surface area contributed by atoms with Crippen molar-refractivity contribution in [1.82, 2.24) is 0 Å². The van der Waals surface area contributed by atoms with Crippen molar-refractivity contribution in [3.05, 3.63) is 63.9 Å². The molecule has 3 nitrogen and oxygen atoms in total. The maximum absolute atomic E-state index is 13.5. The Morgan fingerprint density at radius 2 is 1.95 bits per heavy atom. The molecule has 1 atom stereocenters. The third kappa shape index (κ3) is 3.23. The quantitative estimate of drug-likeness (QED) is 0.900. The predicted molar refractivity (Wildman–Crippen MR) is 80.8 cm³/mol. The van der Waals surface area contributed by atoms with Gasteiger partial charge in [0.2, 0.25) is 5.91 Å². The molecule has 5 heteroatoms. The highest BCUT2D eigenvalue weighted by molar-refractivity contribution is 9.10. The summed E-state index contributed by atoms with van der Waals surface area (Å²) in [7, 11) is 0. The first-order valence-corrected chi connectivity index (χ1v) is 6.85. The van der Waals surface area contributed by atoms with Gasteiger partial charge in [-0.25, -0.2) is 4.39 Å². The third-order valence-corrected chi connectivity index (χ3v) is 3.57. The Balaban J connectivity index is 2.18. The van der Waals surface area contributed by atoms with Crippen molar-refractivity contribution in [3.63, 3.8) is 0 Å². The molecular formula is C15H14BrFN2O. The van der Waals surface area contributed by atoms with Gasteiger partial charge in [-0.05, 0) is 46.1 Å². The van der Waals surface area contributed by atoms with Crippen molar-refractivity contribution in [2.75, 3.05) is 5.32 Å². The van der Waals surface area contributed by atoms with Crippen LogP contribution in [0.5, 0.6) is 0 Å². The van der Waals surface area contributed by atoms with E-state index in [1.807, 2.05) is 18.2 Å². The number of hydrogen-bond acceptors (Lipinski definition) is 2. The number of halogens is 2. The third-order valence-electron chi connectivity index (χ3n) is 2.97. The molecule has 20 heavy (non-hydrogen) atoms. The Morgan fingerprint density at radius 1 is 1.30 bits per heavy atom. The zero-order valence-electron chi connectivity index (χ0n) is 10.9. The van der Waals surface area contributed by atoms with E-state index in [2.05, 4.69) is 21.2 Å². The summed E-state index contributed by atoms with van der Waals surface area (Å²) in [6, 6.07) is 11.1. The van der Waals surface area contributed by atoms with Gasteiger partial charge in [0.25, 0.3) is 0 Å². The lowest BCUT2D eigenvalue weighted by molar-refractivity contribution is -0.117. The minimum atomic E-state index is -0.790. The molecular weight excluding hydrogens is 323 g/mol. The van der Waals surface area contributed by atoms with Crippen LogP contribution in [0.3, 0.4) is 0 Å². The lowest BCUT2D eigenvalue weighted by Gasteiger charge is -2.14. The van der Waals surface area contributed by atoms with E-state index in [1.54, 1.807) is 25.1 Å². The summed E-state index contributed by atoms with van der Waals surface area (Å²) in [6.45, 7) is 1.79. The molecule has 0 aliphatic rings. The highest BCUT2D eigenvalue weighted by Gasteiger charge is 2.17. The zero-order valence-corrected chi connectivity index (χ0v) is 12.4. The fraction of sp³-hybridized carbons (Fsp3) is 0.133. The standard InChI is InChI=1S/C15H14BrFN2O/c1-9-7-11(16)12(17)8-13(9)19-15(20)14(18)10-5-3-2-4-6-10/h2-8,14H,18H2,1H3,(H,19,20). The van der Waals surface area contributed by atoms with Gasteiger partial charge in [-0.15, -0.1) is 0 Å². The van der Waals surface area contributed by atoms with Gasteiger partial charge in [0.05, 0.1) is 4.47 Å². The Labute approximate surface area is 125 Å². The molecule has 2 aromatic carbocycles. The Kier molecular flexibility index (Phi) is 4.52. The first kappa shape index (κ1) is 14.7. The summed E-state index contributed by atoms with van der Waals surface area (Å²) in [5.74, 6) is -0.805. The van der Waals surface area contributed by atoms with Crippen molar-refractivity contribution >= 4 is 27.5 Å². The van der Waals surface area contributed by atoms with Crippen LogP contribution in [0.25, 0.3) is 0 Å². The van der Waals surface area contributed by atoms with Crippen LogP contribution in [0.2, 0.25) is 0 Å². The number of carbonyl (C=O) groups excluding carboxylic acids is 1. The van der Waals surface area contributed by atoms with Gasteiger partial charge in [0, 0.05) is 5.69 Å². The van der Waals surface area contributed by atoms with Crippen molar-refractivity contribution in [2.24, 2.45) is 5.73 Å². The maximum atomic E-state index is 13.5. The van der Waals surface area contributed by atoms with Crippen LogP contribution in [0, 0.1) is 12.7 Å². The summed E-state index contributed by atoms with van der Waals surface area (Å²) >= 11 is 3.10. The van der Waals surface area contributed by atoms with Gasteiger partial charge >= 0.3 is 0 Å². The molecule has 0 spiro atoms. The van der Waals surface area contributed by atoms with Crippen LogP contribution in [-0.4, -0.2) is 5.91 Å². The first-order valence-electron chi connectivity index (χ1n) is 6.06. The SMILES string of the molecule is Cc1cc(Br)c(F)cc1NC(=O)C(N)c1ccccc1. The van der Waals surface area contributed by atoms with Gasteiger partial charge in [-0.3, -0.25) is 4.79 Å². The smallest absolute Gasteiger partial charge is 0.245 e. The monoisotopic (exact) mass is 336 g/mol. The molecule has 0 aliphatic heterocycles. The van der Waals surface area contributed by atoms with Crippen molar-refractivity contribution in [3.8, 4) is 0 Å². The van der Waals surface area contributed by atoms with Crippen molar-refractivity contribution in [1.29, 1.82) is 0 Å². The second-order valence-corrected chi connectivity index (χ2v) is 5.31. The summed E-state index contributed by atoms with van der Waals surface area (Å²) in [6.07, 6.45) is 0. The number of nitrogens with two attached hydrogens (primary N) is 1. The van der Waals surface area contributed by atoms with Crippen LogP contribution < -0.4 is 11.1 Å². The minimum absolute atomic E-state index is 0.361. The van der Waals surface area contributed by atoms with Gasteiger partial charge in [0.15, 0.2) is 0 Å². The van der Waals surface area contributed by atoms with Gasteiger partial charge < -0.3 is 11.1 Å². The molecule has 0 aliphatic carbocycles. The number of rotatable bonds is 3. The van der Waals surface area contributed by atoms with Crippen LogP contribution in [-0.2, 0) is 4.79 Å². The number of amides is 1. The minimum Gasteiger partial charge on any atom is -0.324 e. The topological polar surface area (TPSA) is 55.1 Å². The van der Waals surface area contributed by atoms with E-state index in [0.717, 1.165) is 5.56 Å². The summed E-state index contributed by atoms with van der Waals surface area (Å²) in [4.78, 5) is 12.1. The number of nitrogens with one attached hydrogen (secondary N) is 1. The predicted octanol–water partition coefficient (Wildman–Crippen LogP) is 3.54. The van der Waals surface area contributed by atoms with Crippen LogP contribution in [0.15, 0.2) is 46.9 Å². The zero-order chi connectivity index (χ0) is 14.7. The molecule has 104 valence electrons. The van der Waals surface area contributed by atoms with E-state index < -0.39 is 11.9 Å². The normalized spacial score (nSPS) is 12.0. The van der Waals surface area contributed by atoms with Gasteiger partial charge in [0.1, 0.15) is 11.9 Å². The first-order chi connectivity index (χ1) is 9.49. The van der Waals surface area contributed by atoms with E-state index in [9.17, 15) is 9.18 Å². The molecule has 0 fully saturated rings. The van der Waals surface area contributed by atoms with Crippen molar-refractivity contribution < 1.29 is 9.18 Å². The van der Waals surface area contributed by atoms with Crippen LogP contribution in [0.1, 0.15) is 17.2 Å². The summed E-state index contributed by atoms with van der Waals surface area (Å²) < 4.78 is 13.9. The van der Waals surface area contributed by atoms with Crippen molar-refractivity contribution in [2.45, 2.75) is 13.0 Å². The van der Waals surface area contributed by atoms with E-state index in [0.29, 0.717) is 15.7 Å². The molecule has 1 amide bonds. The molecule has 0 saturated carbocycles. The molecule has 2 rings (SSSR count). The number of anilines is 1. The lowest BCUT2D eigenvalue weighted by atomic mass is 10.1. The summed E-state index contributed by atoms with van der Waals surface area (Å²) in [5, 5.41) is 2.65. The number of aryl methyl sites for hydroxylation is 1. The molecule has 2 aromatic rings. The largest absolute Gasteiger partial charge is 0.324 e. The molecule has 3 N–H and O–H groups in total. The van der Waals surface area contributed by atoms with E-state index in [4.69, 9.17) is 5.73 Å². The number of hydrogen-bond donors (Lipinski definition) is 2. The molecule has 0 saturated heterocycles. The molecule has 0 radical (unpaired) electrons. The van der Waals surface area contributed by atoms with Gasteiger partial charge in [-0.2, -0.15) is 0 Å². The van der Waals surface area contributed by atoms with E-state index >= 15 is 0 Å². The Morgan fingerprint density at radius 3 is 2.60 bits per heavy atom. The lowest BCUT2D eigenvalue weighted by Crippen LogP contribution is -2.28. The molecule has 0 heterocycles.